The lowest BCUT2D eigenvalue weighted by molar-refractivity contribution is 0.268. The van der Waals surface area contributed by atoms with Crippen molar-refractivity contribution in [2.45, 2.75) is 24.1 Å². The Morgan fingerprint density at radius 2 is 2.23 bits per heavy atom. The van der Waals surface area contributed by atoms with Gasteiger partial charge in [0.15, 0.2) is 4.21 Å². The van der Waals surface area contributed by atoms with E-state index in [4.69, 9.17) is 0 Å². The number of nitrogens with one attached hydrogen (secondary N) is 1. The summed E-state index contributed by atoms with van der Waals surface area (Å²) in [5, 5.41) is 0. The molecule has 3 rings (SSSR count). The van der Waals surface area contributed by atoms with E-state index >= 15 is 0 Å². The highest BCUT2D eigenvalue weighted by Gasteiger charge is 2.21. The lowest BCUT2D eigenvalue weighted by atomic mass is 9.98. The molecule has 5 nitrogen and oxygen atoms in total. The van der Waals surface area contributed by atoms with Crippen LogP contribution in [0.4, 0.5) is 5.69 Å². The second-order valence-electron chi connectivity index (χ2n) is 4.99. The Morgan fingerprint density at radius 1 is 1.41 bits per heavy atom. The lowest BCUT2D eigenvalue weighted by Gasteiger charge is -2.29. The maximum absolute atomic E-state index is 12.3. The van der Waals surface area contributed by atoms with E-state index in [-0.39, 0.29) is 16.6 Å². The summed E-state index contributed by atoms with van der Waals surface area (Å²) < 4.78 is 27.6. The Labute approximate surface area is 140 Å². The number of anilines is 1. The van der Waals surface area contributed by atoms with Crippen LogP contribution in [0.5, 0.6) is 0 Å². The minimum absolute atomic E-state index is 0. The third-order valence-electron chi connectivity index (χ3n) is 3.71. The number of halogens is 1. The van der Waals surface area contributed by atoms with Gasteiger partial charge < -0.3 is 0 Å². The zero-order valence-electron chi connectivity index (χ0n) is 12.2. The van der Waals surface area contributed by atoms with Gasteiger partial charge in [-0.05, 0) is 30.2 Å². The molecule has 2 heterocycles. The zero-order valence-corrected chi connectivity index (χ0v) is 14.6. The molecule has 1 aliphatic heterocycles. The van der Waals surface area contributed by atoms with Gasteiger partial charge in [-0.25, -0.2) is 8.42 Å². The number of likely N-dealkylation sites (N-methyl/N-ethyl adjacent to an activating group) is 1. The van der Waals surface area contributed by atoms with Gasteiger partial charge in [0.1, 0.15) is 0 Å². The highest BCUT2D eigenvalue weighted by molar-refractivity contribution is 7.94. The molecule has 0 saturated heterocycles. The average molecular weight is 360 g/mol. The molecule has 1 aliphatic rings. The van der Waals surface area contributed by atoms with Crippen molar-refractivity contribution in [2.24, 2.45) is 0 Å². The van der Waals surface area contributed by atoms with E-state index in [1.807, 2.05) is 12.1 Å². The third kappa shape index (κ3) is 3.43. The molecule has 0 unspecified atom stereocenters. The summed E-state index contributed by atoms with van der Waals surface area (Å²) in [4.78, 5) is 6.18. The quantitative estimate of drug-likeness (QED) is 0.911. The Bertz CT molecular complexity index is 733. The molecule has 0 fully saturated rings. The zero-order chi connectivity index (χ0) is 14.9. The van der Waals surface area contributed by atoms with Gasteiger partial charge in [-0.1, -0.05) is 19.1 Å². The Morgan fingerprint density at radius 3 is 2.91 bits per heavy atom. The van der Waals surface area contributed by atoms with Crippen molar-refractivity contribution in [1.29, 1.82) is 0 Å². The molecule has 0 bridgehead atoms. The van der Waals surface area contributed by atoms with E-state index in [2.05, 4.69) is 27.6 Å². The maximum Gasteiger partial charge on any atom is 0.273 e. The van der Waals surface area contributed by atoms with Crippen molar-refractivity contribution in [3.05, 3.63) is 41.0 Å². The summed E-state index contributed by atoms with van der Waals surface area (Å²) in [5.41, 5.74) is 4.52. The molecule has 0 saturated carbocycles. The third-order valence-corrected chi connectivity index (χ3v) is 6.35. The Hall–Kier alpha value is -1.15. The number of hydrogen-bond acceptors (Lipinski definition) is 5. The molecule has 120 valence electrons. The fraction of sp³-hybridized carbons (Fsp3) is 0.357. The minimum Gasteiger partial charge on any atom is -0.299 e. The van der Waals surface area contributed by atoms with Crippen molar-refractivity contribution < 1.29 is 8.42 Å². The van der Waals surface area contributed by atoms with Crippen molar-refractivity contribution in [2.75, 3.05) is 17.8 Å². The van der Waals surface area contributed by atoms with E-state index in [0.29, 0.717) is 5.69 Å². The molecule has 8 heteroatoms. The van der Waals surface area contributed by atoms with Gasteiger partial charge in [0.2, 0.25) is 0 Å². The second-order valence-corrected chi connectivity index (χ2v) is 7.78. The van der Waals surface area contributed by atoms with Gasteiger partial charge in [-0.3, -0.25) is 14.6 Å². The predicted molar refractivity (Wildman–Crippen MR) is 91.3 cm³/mol. The van der Waals surface area contributed by atoms with Crippen molar-refractivity contribution in [3.63, 3.8) is 0 Å². The van der Waals surface area contributed by atoms with Crippen LogP contribution in [0.15, 0.2) is 34.1 Å². The first kappa shape index (κ1) is 17.2. The van der Waals surface area contributed by atoms with Crippen LogP contribution in [0.3, 0.4) is 0 Å². The number of benzene rings is 1. The summed E-state index contributed by atoms with van der Waals surface area (Å²) in [6.45, 7) is 4.99. The van der Waals surface area contributed by atoms with Crippen LogP contribution in [-0.2, 0) is 23.0 Å². The standard InChI is InChI=1S/C14H17N3O2S2.ClH/c1-2-17-7-6-12-11(9-17)4-3-5-13(12)16-21(18,19)14-8-15-10-20-14;/h3-5,8,10,16H,2,6-7,9H2,1H3;1H. The summed E-state index contributed by atoms with van der Waals surface area (Å²) in [7, 11) is -3.53. The van der Waals surface area contributed by atoms with Crippen LogP contribution in [0.2, 0.25) is 0 Å². The number of rotatable bonds is 4. The molecule has 1 aromatic carbocycles. The summed E-state index contributed by atoms with van der Waals surface area (Å²) in [6, 6.07) is 5.81. The number of sulfonamides is 1. The fourth-order valence-electron chi connectivity index (χ4n) is 2.57. The molecule has 1 N–H and O–H groups in total. The fourth-order valence-corrected chi connectivity index (χ4v) is 4.45. The van der Waals surface area contributed by atoms with Crippen molar-refractivity contribution >= 4 is 39.5 Å². The van der Waals surface area contributed by atoms with E-state index in [0.717, 1.165) is 43.0 Å². The van der Waals surface area contributed by atoms with Gasteiger partial charge >= 0.3 is 0 Å². The molecular formula is C14H18ClN3O2S2. The highest BCUT2D eigenvalue weighted by atomic mass is 35.5. The average Bonchev–Trinajstić information content (AvgIpc) is 3.02. The smallest absolute Gasteiger partial charge is 0.273 e. The van der Waals surface area contributed by atoms with Crippen LogP contribution in [0.1, 0.15) is 18.1 Å². The second kappa shape index (κ2) is 6.95. The summed E-state index contributed by atoms with van der Waals surface area (Å²) >= 11 is 1.12. The number of thiazole rings is 1. The normalized spacial score (nSPS) is 15.0. The summed E-state index contributed by atoms with van der Waals surface area (Å²) in [6.07, 6.45) is 2.24. The number of nitrogens with zero attached hydrogens (tertiary/aromatic N) is 2. The first-order valence-corrected chi connectivity index (χ1v) is 9.21. The van der Waals surface area contributed by atoms with Crippen LogP contribution < -0.4 is 4.72 Å². The molecular weight excluding hydrogens is 342 g/mol. The van der Waals surface area contributed by atoms with Gasteiger partial charge in [0.25, 0.3) is 10.0 Å². The van der Waals surface area contributed by atoms with Gasteiger partial charge in [0.05, 0.1) is 17.4 Å². The molecule has 0 atom stereocenters. The number of hydrogen-bond donors (Lipinski definition) is 1. The molecule has 0 amide bonds. The minimum atomic E-state index is -3.53. The van der Waals surface area contributed by atoms with Crippen LogP contribution in [0.25, 0.3) is 0 Å². The monoisotopic (exact) mass is 359 g/mol. The highest BCUT2D eigenvalue weighted by Crippen LogP contribution is 2.28. The molecule has 0 aliphatic carbocycles. The molecule has 2 aromatic rings. The number of fused-ring (bicyclic) bond motifs is 1. The Balaban J connectivity index is 0.00000176. The van der Waals surface area contributed by atoms with E-state index in [9.17, 15) is 8.42 Å². The van der Waals surface area contributed by atoms with E-state index < -0.39 is 10.0 Å². The largest absolute Gasteiger partial charge is 0.299 e. The molecule has 0 radical (unpaired) electrons. The van der Waals surface area contributed by atoms with Crippen LogP contribution in [0, 0.1) is 0 Å². The first-order chi connectivity index (χ1) is 10.1. The first-order valence-electron chi connectivity index (χ1n) is 6.84. The van der Waals surface area contributed by atoms with Crippen LogP contribution in [-0.4, -0.2) is 31.4 Å². The summed E-state index contributed by atoms with van der Waals surface area (Å²) in [5.74, 6) is 0. The maximum atomic E-state index is 12.3. The molecule has 0 spiro atoms. The SMILES string of the molecule is CCN1CCc2c(cccc2NS(=O)(=O)c2cncs2)C1.Cl. The van der Waals surface area contributed by atoms with Gasteiger partial charge in [0, 0.05) is 13.1 Å². The van der Waals surface area contributed by atoms with Gasteiger partial charge in [-0.2, -0.15) is 0 Å². The number of aromatic nitrogens is 1. The topological polar surface area (TPSA) is 62.3 Å². The van der Waals surface area contributed by atoms with E-state index in [1.165, 1.54) is 17.3 Å². The predicted octanol–water partition coefficient (Wildman–Crippen LogP) is 2.74. The van der Waals surface area contributed by atoms with Crippen molar-refractivity contribution in [3.8, 4) is 0 Å². The van der Waals surface area contributed by atoms with Gasteiger partial charge in [-0.15, -0.1) is 23.7 Å². The van der Waals surface area contributed by atoms with E-state index in [1.54, 1.807) is 0 Å². The molecule has 1 aromatic heterocycles. The lowest BCUT2D eigenvalue weighted by Crippen LogP contribution is -2.31. The Kier molecular flexibility index (Phi) is 5.44. The van der Waals surface area contributed by atoms with Crippen LogP contribution >= 0.6 is 23.7 Å². The molecule has 22 heavy (non-hydrogen) atoms. The van der Waals surface area contributed by atoms with Crippen molar-refractivity contribution in [1.82, 2.24) is 9.88 Å².